The zero-order chi connectivity index (χ0) is 12.8. The molecule has 2 nitrogen and oxygen atoms in total. The Hall–Kier alpha value is -0.790. The van der Waals surface area contributed by atoms with Crippen molar-refractivity contribution in [3.8, 4) is 0 Å². The predicted molar refractivity (Wildman–Crippen MR) is 68.5 cm³/mol. The van der Waals surface area contributed by atoms with E-state index < -0.39 is 5.41 Å². The summed E-state index contributed by atoms with van der Waals surface area (Å²) in [6.07, 6.45) is 4.57. The van der Waals surface area contributed by atoms with Crippen molar-refractivity contribution in [2.45, 2.75) is 47.5 Å². The quantitative estimate of drug-likeness (QED) is 0.541. The van der Waals surface area contributed by atoms with Crippen LogP contribution in [0.2, 0.25) is 0 Å². The number of ether oxygens (including phenoxy) is 1. The first-order valence-electron chi connectivity index (χ1n) is 6.58. The Morgan fingerprint density at radius 1 is 1.41 bits per heavy atom. The molecule has 0 radical (unpaired) electrons. The van der Waals surface area contributed by atoms with Gasteiger partial charge in [-0.2, -0.15) is 0 Å². The molecule has 0 amide bonds. The van der Waals surface area contributed by atoms with E-state index in [0.717, 1.165) is 18.3 Å². The Balaban J connectivity index is 1.83. The third-order valence-electron chi connectivity index (χ3n) is 4.43. The second-order valence-electron chi connectivity index (χ2n) is 7.16. The molecule has 17 heavy (non-hydrogen) atoms. The molecule has 0 aromatic heterocycles. The lowest BCUT2D eigenvalue weighted by Crippen LogP contribution is -2.24. The highest BCUT2D eigenvalue weighted by Gasteiger charge is 2.57. The number of esters is 1. The molecule has 0 aliphatic heterocycles. The summed E-state index contributed by atoms with van der Waals surface area (Å²) < 4.78 is 5.37. The van der Waals surface area contributed by atoms with Crippen molar-refractivity contribution in [2.75, 3.05) is 6.61 Å². The fourth-order valence-electron chi connectivity index (χ4n) is 2.88. The standard InChI is InChI=1S/C15H24O2/c1-14(2,3)13(16)17-9-10-6-7-11-12(8-10)15(11,4)5/h6,11-12H,7-9H2,1-5H3/t11-,12+/m1/s1. The lowest BCUT2D eigenvalue weighted by Gasteiger charge is -2.18. The summed E-state index contributed by atoms with van der Waals surface area (Å²) in [6.45, 7) is 10.9. The summed E-state index contributed by atoms with van der Waals surface area (Å²) in [4.78, 5) is 11.7. The minimum atomic E-state index is -0.392. The van der Waals surface area contributed by atoms with Crippen LogP contribution >= 0.6 is 0 Å². The van der Waals surface area contributed by atoms with Crippen LogP contribution in [-0.2, 0) is 9.53 Å². The van der Waals surface area contributed by atoms with Crippen LogP contribution in [0.1, 0.15) is 47.5 Å². The van der Waals surface area contributed by atoms with Crippen molar-refractivity contribution in [3.63, 3.8) is 0 Å². The molecule has 2 atom stereocenters. The highest BCUT2D eigenvalue weighted by atomic mass is 16.5. The van der Waals surface area contributed by atoms with Gasteiger partial charge in [-0.1, -0.05) is 19.9 Å². The normalized spacial score (nSPS) is 30.3. The summed E-state index contributed by atoms with van der Waals surface area (Å²) in [6, 6.07) is 0. The van der Waals surface area contributed by atoms with Crippen LogP contribution in [0.4, 0.5) is 0 Å². The molecule has 1 saturated carbocycles. The van der Waals surface area contributed by atoms with Crippen molar-refractivity contribution in [1.82, 2.24) is 0 Å². The molecule has 0 heterocycles. The van der Waals surface area contributed by atoms with Gasteiger partial charge in [0.05, 0.1) is 5.41 Å². The van der Waals surface area contributed by atoms with Gasteiger partial charge in [-0.3, -0.25) is 4.79 Å². The highest BCUT2D eigenvalue weighted by molar-refractivity contribution is 5.75. The lowest BCUT2D eigenvalue weighted by molar-refractivity contribution is -0.151. The Morgan fingerprint density at radius 3 is 2.59 bits per heavy atom. The molecule has 2 heteroatoms. The van der Waals surface area contributed by atoms with E-state index in [1.807, 2.05) is 20.8 Å². The van der Waals surface area contributed by atoms with E-state index in [0.29, 0.717) is 12.0 Å². The van der Waals surface area contributed by atoms with Crippen molar-refractivity contribution in [2.24, 2.45) is 22.7 Å². The number of hydrogen-bond donors (Lipinski definition) is 0. The maximum Gasteiger partial charge on any atom is 0.311 e. The highest BCUT2D eigenvalue weighted by Crippen LogP contribution is 2.64. The maximum absolute atomic E-state index is 11.7. The summed E-state index contributed by atoms with van der Waals surface area (Å²) in [5, 5.41) is 0. The van der Waals surface area contributed by atoms with Gasteiger partial charge in [-0.15, -0.1) is 0 Å². The third-order valence-corrected chi connectivity index (χ3v) is 4.43. The van der Waals surface area contributed by atoms with Crippen molar-refractivity contribution < 1.29 is 9.53 Å². The molecule has 0 saturated heterocycles. The Morgan fingerprint density at radius 2 is 2.06 bits per heavy atom. The van der Waals surface area contributed by atoms with Crippen LogP contribution in [0.5, 0.6) is 0 Å². The SMILES string of the molecule is CC(C)(C)C(=O)OCC1=CC[C@@H]2[C@H](C1)C2(C)C. The summed E-state index contributed by atoms with van der Waals surface area (Å²) in [5.41, 5.74) is 1.43. The summed E-state index contributed by atoms with van der Waals surface area (Å²) in [5.74, 6) is 1.58. The average Bonchev–Trinajstić information content (AvgIpc) is 2.76. The number of rotatable bonds is 2. The number of fused-ring (bicyclic) bond motifs is 1. The van der Waals surface area contributed by atoms with Crippen LogP contribution in [0.15, 0.2) is 11.6 Å². The first-order valence-corrected chi connectivity index (χ1v) is 6.58. The van der Waals surface area contributed by atoms with Gasteiger partial charge in [0.1, 0.15) is 6.61 Å². The molecule has 0 bridgehead atoms. The molecule has 0 aromatic carbocycles. The van der Waals surface area contributed by atoms with Gasteiger partial charge in [0.2, 0.25) is 0 Å². The fraction of sp³-hybridized carbons (Fsp3) is 0.800. The molecular weight excluding hydrogens is 212 g/mol. The van der Waals surface area contributed by atoms with E-state index in [4.69, 9.17) is 4.74 Å². The Bertz CT molecular complexity index is 358. The first-order chi connectivity index (χ1) is 7.73. The molecule has 0 aromatic rings. The van der Waals surface area contributed by atoms with Crippen molar-refractivity contribution in [1.29, 1.82) is 0 Å². The Labute approximate surface area is 104 Å². The summed E-state index contributed by atoms with van der Waals surface area (Å²) >= 11 is 0. The van der Waals surface area contributed by atoms with E-state index in [2.05, 4.69) is 19.9 Å². The fourth-order valence-corrected chi connectivity index (χ4v) is 2.88. The second kappa shape index (κ2) is 3.86. The Kier molecular flexibility index (Phi) is 2.87. The van der Waals surface area contributed by atoms with Crippen LogP contribution in [0, 0.1) is 22.7 Å². The molecule has 0 N–H and O–H groups in total. The van der Waals surface area contributed by atoms with E-state index in [9.17, 15) is 4.79 Å². The van der Waals surface area contributed by atoms with Crippen molar-refractivity contribution >= 4 is 5.97 Å². The number of hydrogen-bond acceptors (Lipinski definition) is 2. The van der Waals surface area contributed by atoms with Crippen LogP contribution < -0.4 is 0 Å². The summed E-state index contributed by atoms with van der Waals surface area (Å²) in [7, 11) is 0. The van der Waals surface area contributed by atoms with Crippen LogP contribution in [0.25, 0.3) is 0 Å². The minimum Gasteiger partial charge on any atom is -0.461 e. The molecule has 2 rings (SSSR count). The predicted octanol–water partition coefficient (Wildman–Crippen LogP) is 3.57. The largest absolute Gasteiger partial charge is 0.461 e. The van der Waals surface area contributed by atoms with Crippen LogP contribution in [-0.4, -0.2) is 12.6 Å². The average molecular weight is 236 g/mol. The second-order valence-corrected chi connectivity index (χ2v) is 7.16. The van der Waals surface area contributed by atoms with Crippen LogP contribution in [0.3, 0.4) is 0 Å². The molecule has 0 spiro atoms. The van der Waals surface area contributed by atoms with Crippen molar-refractivity contribution in [3.05, 3.63) is 11.6 Å². The molecule has 2 aliphatic carbocycles. The first kappa shape index (κ1) is 12.7. The molecule has 0 unspecified atom stereocenters. The molecule has 2 aliphatic rings. The number of carbonyl (C=O) groups is 1. The molecule has 96 valence electrons. The van der Waals surface area contributed by atoms with Gasteiger partial charge in [-0.05, 0) is 56.4 Å². The lowest BCUT2D eigenvalue weighted by atomic mass is 9.97. The zero-order valence-corrected chi connectivity index (χ0v) is 11.7. The topological polar surface area (TPSA) is 26.3 Å². The van der Waals surface area contributed by atoms with Gasteiger partial charge in [0, 0.05) is 0 Å². The zero-order valence-electron chi connectivity index (χ0n) is 11.7. The van der Waals surface area contributed by atoms with E-state index in [-0.39, 0.29) is 5.97 Å². The smallest absolute Gasteiger partial charge is 0.311 e. The minimum absolute atomic E-state index is 0.101. The monoisotopic (exact) mass is 236 g/mol. The number of allylic oxidation sites excluding steroid dienone is 1. The van der Waals surface area contributed by atoms with Gasteiger partial charge in [-0.25, -0.2) is 0 Å². The maximum atomic E-state index is 11.7. The molecular formula is C15H24O2. The van der Waals surface area contributed by atoms with E-state index >= 15 is 0 Å². The number of carbonyl (C=O) groups excluding carboxylic acids is 1. The van der Waals surface area contributed by atoms with E-state index in [1.54, 1.807) is 0 Å². The van der Waals surface area contributed by atoms with E-state index in [1.165, 1.54) is 12.0 Å². The molecule has 1 fully saturated rings. The van der Waals surface area contributed by atoms with Gasteiger partial charge < -0.3 is 4.74 Å². The van der Waals surface area contributed by atoms with Gasteiger partial charge >= 0.3 is 5.97 Å². The van der Waals surface area contributed by atoms with Gasteiger partial charge in [0.25, 0.3) is 0 Å². The third kappa shape index (κ3) is 2.41. The van der Waals surface area contributed by atoms with Gasteiger partial charge in [0.15, 0.2) is 0 Å².